The molecule has 1 fully saturated rings. The largest absolute Gasteiger partial charge is 0.497 e. The van der Waals surface area contributed by atoms with E-state index < -0.39 is 5.82 Å². The summed E-state index contributed by atoms with van der Waals surface area (Å²) in [5.74, 6) is 0.922. The maximum absolute atomic E-state index is 14.3. The molecule has 1 amide bonds. The van der Waals surface area contributed by atoms with Crippen LogP contribution < -0.4 is 10.1 Å². The van der Waals surface area contributed by atoms with E-state index in [1.807, 2.05) is 18.2 Å². The van der Waals surface area contributed by atoms with Crippen molar-refractivity contribution in [1.82, 2.24) is 35.1 Å². The molecule has 0 saturated heterocycles. The molecule has 5 heterocycles. The number of H-pyrrole nitrogens is 2. The highest BCUT2D eigenvalue weighted by Gasteiger charge is 2.19. The predicted molar refractivity (Wildman–Crippen MR) is 162 cm³/mol. The lowest BCUT2D eigenvalue weighted by Gasteiger charge is -2.20. The van der Waals surface area contributed by atoms with E-state index in [-0.39, 0.29) is 5.91 Å². The highest BCUT2D eigenvalue weighted by molar-refractivity contribution is 5.95. The van der Waals surface area contributed by atoms with Gasteiger partial charge in [-0.3, -0.25) is 19.9 Å². The molecule has 0 bridgehead atoms. The van der Waals surface area contributed by atoms with Gasteiger partial charge in [-0.2, -0.15) is 5.10 Å². The molecule has 5 aromatic heterocycles. The molecular weight excluding hydrogens is 547 g/mol. The fourth-order valence-electron chi connectivity index (χ4n) is 5.81. The van der Waals surface area contributed by atoms with E-state index in [1.54, 1.807) is 30.7 Å². The Morgan fingerprint density at radius 3 is 2.70 bits per heavy atom. The molecule has 7 rings (SSSR count). The number of hydrogen-bond donors (Lipinski definition) is 3. The summed E-state index contributed by atoms with van der Waals surface area (Å²) in [4.78, 5) is 34.5. The van der Waals surface area contributed by atoms with Gasteiger partial charge in [0.25, 0.3) is 0 Å². The zero-order valence-corrected chi connectivity index (χ0v) is 23.5. The third-order valence-electron chi connectivity index (χ3n) is 7.93. The summed E-state index contributed by atoms with van der Waals surface area (Å²) in [5, 5.41) is 10.5. The van der Waals surface area contributed by atoms with E-state index in [0.717, 1.165) is 29.4 Å². The molecule has 43 heavy (non-hydrogen) atoms. The first-order valence-corrected chi connectivity index (χ1v) is 14.3. The van der Waals surface area contributed by atoms with E-state index in [0.29, 0.717) is 63.3 Å². The molecule has 0 atom stereocenters. The van der Waals surface area contributed by atoms with Crippen molar-refractivity contribution in [3.8, 4) is 39.8 Å². The van der Waals surface area contributed by atoms with Crippen LogP contribution >= 0.6 is 0 Å². The van der Waals surface area contributed by atoms with E-state index in [4.69, 9.17) is 14.7 Å². The minimum atomic E-state index is -0.429. The second-order valence-corrected chi connectivity index (χ2v) is 10.9. The van der Waals surface area contributed by atoms with Gasteiger partial charge in [0.05, 0.1) is 41.4 Å². The molecule has 1 aliphatic carbocycles. The molecule has 1 saturated carbocycles. The topological polar surface area (TPSA) is 134 Å². The van der Waals surface area contributed by atoms with Crippen molar-refractivity contribution < 1.29 is 13.9 Å². The van der Waals surface area contributed by atoms with Gasteiger partial charge in [0.15, 0.2) is 11.5 Å². The second-order valence-electron chi connectivity index (χ2n) is 10.9. The number of carbonyl (C=O) groups excluding carboxylic acids is 1. The van der Waals surface area contributed by atoms with Gasteiger partial charge in [0.2, 0.25) is 5.91 Å². The monoisotopic (exact) mass is 576 g/mol. The van der Waals surface area contributed by atoms with Crippen LogP contribution in [-0.4, -0.2) is 48.1 Å². The van der Waals surface area contributed by atoms with Crippen molar-refractivity contribution in [3.63, 3.8) is 0 Å². The molecule has 216 valence electrons. The Balaban J connectivity index is 1.20. The van der Waals surface area contributed by atoms with Gasteiger partial charge in [0, 0.05) is 36.0 Å². The van der Waals surface area contributed by atoms with Gasteiger partial charge < -0.3 is 15.0 Å². The molecule has 11 heteroatoms. The number of amides is 1. The number of anilines is 1. The third kappa shape index (κ3) is 5.41. The summed E-state index contributed by atoms with van der Waals surface area (Å²) in [5.41, 5.74) is 6.31. The van der Waals surface area contributed by atoms with Gasteiger partial charge >= 0.3 is 0 Å². The zero-order chi connectivity index (χ0) is 29.3. The van der Waals surface area contributed by atoms with Gasteiger partial charge in [-0.05, 0) is 55.2 Å². The highest BCUT2D eigenvalue weighted by Crippen LogP contribution is 2.33. The number of methoxy groups -OCH3 is 1. The fraction of sp³-hybridized carbons (Fsp3) is 0.250. The van der Waals surface area contributed by atoms with E-state index in [9.17, 15) is 9.18 Å². The third-order valence-corrected chi connectivity index (χ3v) is 7.93. The Bertz CT molecular complexity index is 1960. The minimum Gasteiger partial charge on any atom is -0.497 e. The average molecular weight is 577 g/mol. The normalized spacial score (nSPS) is 13.9. The van der Waals surface area contributed by atoms with Crippen molar-refractivity contribution in [1.29, 1.82) is 0 Å². The SMILES string of the molecule is COc1cc(F)cc(-c2nccc3[nH]c(-c4n[nH]c5ccc(-c6cncc(NC(=O)CC7CCCCC7)c6)nc45)nc23)c1. The molecule has 6 aromatic rings. The number of pyridine rings is 3. The van der Waals surface area contributed by atoms with Crippen LogP contribution in [0.2, 0.25) is 0 Å². The predicted octanol–water partition coefficient (Wildman–Crippen LogP) is 6.68. The van der Waals surface area contributed by atoms with Crippen molar-refractivity contribution in [2.75, 3.05) is 12.4 Å². The van der Waals surface area contributed by atoms with Crippen molar-refractivity contribution in [2.24, 2.45) is 5.92 Å². The maximum Gasteiger partial charge on any atom is 0.224 e. The number of imidazole rings is 1. The first kappa shape index (κ1) is 26.7. The minimum absolute atomic E-state index is 0.0156. The molecule has 3 N–H and O–H groups in total. The number of nitrogens with one attached hydrogen (secondary N) is 3. The van der Waals surface area contributed by atoms with Gasteiger partial charge in [0.1, 0.15) is 22.6 Å². The van der Waals surface area contributed by atoms with Gasteiger partial charge in [-0.25, -0.2) is 14.4 Å². The Kier molecular flexibility index (Phi) is 6.98. The second kappa shape index (κ2) is 11.2. The summed E-state index contributed by atoms with van der Waals surface area (Å²) in [6.07, 6.45) is 11.4. The van der Waals surface area contributed by atoms with E-state index in [2.05, 4.69) is 30.5 Å². The average Bonchev–Trinajstić information content (AvgIpc) is 3.65. The number of aromatic amines is 2. The molecule has 0 aliphatic heterocycles. The molecule has 1 aromatic carbocycles. The van der Waals surface area contributed by atoms with Crippen LogP contribution in [0.5, 0.6) is 5.75 Å². The number of ether oxygens (including phenoxy) is 1. The number of fused-ring (bicyclic) bond motifs is 2. The number of carbonyl (C=O) groups is 1. The molecule has 0 radical (unpaired) electrons. The zero-order valence-electron chi connectivity index (χ0n) is 23.5. The number of rotatable bonds is 7. The van der Waals surface area contributed by atoms with Crippen molar-refractivity contribution in [3.05, 3.63) is 66.9 Å². The van der Waals surface area contributed by atoms with Crippen LogP contribution in [-0.2, 0) is 4.79 Å². The highest BCUT2D eigenvalue weighted by atomic mass is 19.1. The first-order valence-electron chi connectivity index (χ1n) is 14.3. The number of nitrogens with zero attached hydrogens (tertiary/aromatic N) is 5. The van der Waals surface area contributed by atoms with E-state index in [1.165, 1.54) is 38.5 Å². The van der Waals surface area contributed by atoms with Crippen LogP contribution in [0.15, 0.2) is 61.1 Å². The molecule has 0 spiro atoms. The summed E-state index contributed by atoms with van der Waals surface area (Å²) in [7, 11) is 1.49. The number of halogens is 1. The summed E-state index contributed by atoms with van der Waals surface area (Å²) < 4.78 is 19.5. The Morgan fingerprint density at radius 2 is 1.84 bits per heavy atom. The molecule has 0 unspecified atom stereocenters. The Hall–Kier alpha value is -5.19. The van der Waals surface area contributed by atoms with Gasteiger partial charge in [-0.1, -0.05) is 19.3 Å². The van der Waals surface area contributed by atoms with E-state index >= 15 is 0 Å². The smallest absolute Gasteiger partial charge is 0.224 e. The lowest BCUT2D eigenvalue weighted by atomic mass is 9.87. The van der Waals surface area contributed by atoms with Crippen LogP contribution in [0.4, 0.5) is 10.1 Å². The number of benzene rings is 1. The van der Waals surface area contributed by atoms with Crippen molar-refractivity contribution >= 4 is 33.7 Å². The lowest BCUT2D eigenvalue weighted by Crippen LogP contribution is -2.18. The number of aromatic nitrogens is 7. The molecular formula is C32H29FN8O2. The fourth-order valence-corrected chi connectivity index (χ4v) is 5.81. The van der Waals surface area contributed by atoms with Crippen LogP contribution in [0, 0.1) is 11.7 Å². The standard InChI is InChI=1S/C32H29FN8O2/c1-43-23-14-19(12-21(33)15-23)28-29-25(9-10-35-28)38-32(39-29)31-30-26(40-41-31)8-7-24(37-30)20-13-22(17-34-16-20)36-27(42)11-18-5-3-2-4-6-18/h7-10,12-18H,2-6,11H2,1H3,(H,36,42)(H,38,39)(H,40,41). The Labute approximate surface area is 246 Å². The maximum atomic E-state index is 14.3. The van der Waals surface area contributed by atoms with Crippen LogP contribution in [0.1, 0.15) is 38.5 Å². The first-order chi connectivity index (χ1) is 21.0. The van der Waals surface area contributed by atoms with Crippen LogP contribution in [0.3, 0.4) is 0 Å². The number of hydrogen-bond acceptors (Lipinski definition) is 7. The molecule has 1 aliphatic rings. The van der Waals surface area contributed by atoms with Crippen molar-refractivity contribution in [2.45, 2.75) is 38.5 Å². The van der Waals surface area contributed by atoms with Crippen LogP contribution in [0.25, 0.3) is 56.1 Å². The quantitative estimate of drug-likeness (QED) is 0.193. The lowest BCUT2D eigenvalue weighted by molar-refractivity contribution is -0.117. The summed E-state index contributed by atoms with van der Waals surface area (Å²) in [6.45, 7) is 0. The summed E-state index contributed by atoms with van der Waals surface area (Å²) in [6, 6.07) is 11.9. The molecule has 10 nitrogen and oxygen atoms in total. The Morgan fingerprint density at radius 1 is 0.977 bits per heavy atom. The van der Waals surface area contributed by atoms with Gasteiger partial charge in [-0.15, -0.1) is 0 Å². The summed E-state index contributed by atoms with van der Waals surface area (Å²) >= 11 is 0.